The molecule has 1 aliphatic heterocycles. The third kappa shape index (κ3) is 6.48. The number of methoxy groups -OCH3 is 1. The molecule has 1 amide bonds. The first-order valence-corrected chi connectivity index (χ1v) is 15.1. The van der Waals surface area contributed by atoms with Gasteiger partial charge in [-0.1, -0.05) is 31.5 Å². The number of hydrogen-bond acceptors (Lipinski definition) is 4. The fourth-order valence-electron chi connectivity index (χ4n) is 6.66. The molecule has 3 aromatic rings. The molecule has 1 saturated heterocycles. The molecule has 10 heteroatoms. The molecule has 3 aromatic carbocycles. The highest BCUT2D eigenvalue weighted by atomic mass is 19.4. The first kappa shape index (κ1) is 33.0. The minimum atomic E-state index is -4.54. The molecule has 0 spiro atoms. The molecule has 1 fully saturated rings. The van der Waals surface area contributed by atoms with Gasteiger partial charge < -0.3 is 14.6 Å². The lowest BCUT2D eigenvalue weighted by Crippen LogP contribution is -2.35. The summed E-state index contributed by atoms with van der Waals surface area (Å²) in [6.07, 6.45) is -3.99. The van der Waals surface area contributed by atoms with Gasteiger partial charge in [-0.2, -0.15) is 13.2 Å². The van der Waals surface area contributed by atoms with Gasteiger partial charge in [-0.3, -0.25) is 4.90 Å². The summed E-state index contributed by atoms with van der Waals surface area (Å²) in [5.41, 5.74) is 3.80. The van der Waals surface area contributed by atoms with Crippen LogP contribution in [-0.4, -0.2) is 41.8 Å². The lowest BCUT2D eigenvalue weighted by Gasteiger charge is -2.36. The van der Waals surface area contributed by atoms with E-state index in [4.69, 9.17) is 9.47 Å². The van der Waals surface area contributed by atoms with Crippen LogP contribution in [0.25, 0.3) is 16.7 Å². The number of ether oxygens (including phenoxy) is 2. The highest BCUT2D eigenvalue weighted by Gasteiger charge is 2.42. The van der Waals surface area contributed by atoms with Crippen molar-refractivity contribution >= 4 is 17.6 Å². The van der Waals surface area contributed by atoms with Crippen molar-refractivity contribution in [1.29, 1.82) is 0 Å². The van der Waals surface area contributed by atoms with Crippen molar-refractivity contribution in [3.05, 3.63) is 93.3 Å². The van der Waals surface area contributed by atoms with Crippen LogP contribution in [0.5, 0.6) is 5.75 Å². The Labute approximate surface area is 265 Å². The third-order valence-electron chi connectivity index (χ3n) is 9.06. The van der Waals surface area contributed by atoms with Crippen molar-refractivity contribution in [1.82, 2.24) is 4.90 Å². The number of aryl methyl sites for hydroxylation is 2. The first-order chi connectivity index (χ1) is 21.5. The number of carbonyl (C=O) groups excluding carboxylic acids is 1. The Morgan fingerprint density at radius 3 is 2.41 bits per heavy atom. The van der Waals surface area contributed by atoms with Crippen LogP contribution in [0.15, 0.2) is 54.1 Å². The number of carboxylic acids is 1. The Balaban J connectivity index is 1.56. The summed E-state index contributed by atoms with van der Waals surface area (Å²) in [5.74, 6) is -1.28. The van der Waals surface area contributed by atoms with Crippen molar-refractivity contribution in [3.8, 4) is 16.9 Å². The zero-order valence-electron chi connectivity index (χ0n) is 26.6. The number of aromatic carboxylic acids is 1. The number of amides is 1. The van der Waals surface area contributed by atoms with Gasteiger partial charge in [-0.15, -0.1) is 0 Å². The number of halogens is 4. The van der Waals surface area contributed by atoms with Gasteiger partial charge in [0, 0.05) is 23.7 Å². The number of alkyl halides is 3. The highest BCUT2D eigenvalue weighted by molar-refractivity contribution is 5.89. The van der Waals surface area contributed by atoms with Crippen LogP contribution < -0.4 is 4.74 Å². The maximum absolute atomic E-state index is 15.5. The summed E-state index contributed by atoms with van der Waals surface area (Å²) in [6, 6.07) is 10.7. The average molecular weight is 640 g/mol. The molecule has 0 saturated carbocycles. The second-order valence-electron chi connectivity index (χ2n) is 13.1. The molecular weight excluding hydrogens is 602 g/mol. The van der Waals surface area contributed by atoms with Crippen molar-refractivity contribution in [2.45, 2.75) is 72.2 Å². The Kier molecular flexibility index (Phi) is 8.70. The van der Waals surface area contributed by atoms with Gasteiger partial charge >= 0.3 is 18.2 Å². The molecule has 1 N–H and O–H groups in total. The second kappa shape index (κ2) is 12.1. The smallest absolute Gasteiger partial charge is 0.416 e. The van der Waals surface area contributed by atoms with E-state index < -0.39 is 41.8 Å². The number of hydrogen-bond donors (Lipinski definition) is 1. The molecule has 0 bridgehead atoms. The number of carboxylic acid groups (broad SMARTS) is 1. The Hall–Kier alpha value is -4.34. The molecule has 5 rings (SSSR count). The summed E-state index contributed by atoms with van der Waals surface area (Å²) in [6.45, 7) is 9.50. The predicted molar refractivity (Wildman–Crippen MR) is 166 cm³/mol. The van der Waals surface area contributed by atoms with Crippen molar-refractivity contribution in [3.63, 3.8) is 0 Å². The van der Waals surface area contributed by atoms with Crippen molar-refractivity contribution in [2.24, 2.45) is 5.41 Å². The van der Waals surface area contributed by atoms with Crippen LogP contribution in [0.2, 0.25) is 0 Å². The first-order valence-electron chi connectivity index (χ1n) is 15.1. The minimum Gasteiger partial charge on any atom is -0.496 e. The lowest BCUT2D eigenvalue weighted by atomic mass is 9.72. The monoisotopic (exact) mass is 639 g/mol. The van der Waals surface area contributed by atoms with Gasteiger partial charge in [-0.05, 0) is 104 Å². The van der Waals surface area contributed by atoms with Gasteiger partial charge in [-0.25, -0.2) is 14.0 Å². The van der Waals surface area contributed by atoms with E-state index in [2.05, 4.69) is 13.8 Å². The van der Waals surface area contributed by atoms with Crippen LogP contribution in [0.4, 0.5) is 22.4 Å². The Morgan fingerprint density at radius 1 is 1.07 bits per heavy atom. The number of rotatable bonds is 7. The average Bonchev–Trinajstić information content (AvgIpc) is 3.24. The molecule has 244 valence electrons. The molecule has 2 aliphatic rings. The SMILES string of the molecule is COc1cc(F)c(-c2ccc(C(=O)O)cc2C)cc1C1=C(CN2C(=O)O[C@H](c3cc(C)cc(C(F)(F)F)c3)[C@@H]2C)CC(C)(C)CC1. The summed E-state index contributed by atoms with van der Waals surface area (Å²) in [4.78, 5) is 26.3. The van der Waals surface area contributed by atoms with Crippen LogP contribution in [0, 0.1) is 25.1 Å². The molecule has 1 heterocycles. The van der Waals surface area contributed by atoms with Gasteiger partial charge in [0.2, 0.25) is 0 Å². The van der Waals surface area contributed by atoms with Crippen molar-refractivity contribution < 1.29 is 41.7 Å². The topological polar surface area (TPSA) is 76.1 Å². The molecule has 0 radical (unpaired) electrons. The summed E-state index contributed by atoms with van der Waals surface area (Å²) in [5, 5.41) is 9.39. The summed E-state index contributed by atoms with van der Waals surface area (Å²) >= 11 is 0. The Morgan fingerprint density at radius 2 is 1.78 bits per heavy atom. The van der Waals surface area contributed by atoms with Crippen LogP contribution in [0.1, 0.15) is 84.3 Å². The highest BCUT2D eigenvalue weighted by Crippen LogP contribution is 2.47. The van der Waals surface area contributed by atoms with E-state index in [1.54, 1.807) is 43.9 Å². The number of cyclic esters (lactones) is 1. The molecule has 0 aromatic heterocycles. The second-order valence-corrected chi connectivity index (χ2v) is 13.1. The molecular formula is C36H37F4NO5. The normalized spacial score (nSPS) is 19.8. The largest absolute Gasteiger partial charge is 0.496 e. The number of benzene rings is 3. The van der Waals surface area contributed by atoms with Crippen LogP contribution in [-0.2, 0) is 10.9 Å². The van der Waals surface area contributed by atoms with Crippen molar-refractivity contribution in [2.75, 3.05) is 13.7 Å². The van der Waals surface area contributed by atoms with E-state index in [0.717, 1.165) is 29.7 Å². The third-order valence-corrected chi connectivity index (χ3v) is 9.06. The van der Waals surface area contributed by atoms with E-state index in [0.29, 0.717) is 40.8 Å². The van der Waals surface area contributed by atoms with Gasteiger partial charge in [0.1, 0.15) is 17.7 Å². The fourth-order valence-corrected chi connectivity index (χ4v) is 6.66. The lowest BCUT2D eigenvalue weighted by molar-refractivity contribution is -0.137. The van der Waals surface area contributed by atoms with E-state index in [1.165, 1.54) is 25.3 Å². The molecule has 46 heavy (non-hydrogen) atoms. The van der Waals surface area contributed by atoms with Gasteiger partial charge in [0.15, 0.2) is 0 Å². The van der Waals surface area contributed by atoms with Gasteiger partial charge in [0.25, 0.3) is 0 Å². The number of allylic oxidation sites excluding steroid dienone is 1. The minimum absolute atomic E-state index is 0.0973. The predicted octanol–water partition coefficient (Wildman–Crippen LogP) is 9.38. The number of nitrogens with zero attached hydrogens (tertiary/aromatic N) is 1. The molecule has 1 aliphatic carbocycles. The zero-order valence-corrected chi connectivity index (χ0v) is 26.6. The number of carbonyl (C=O) groups is 2. The fraction of sp³-hybridized carbons (Fsp3) is 0.389. The van der Waals surface area contributed by atoms with E-state index in [-0.39, 0.29) is 28.7 Å². The van der Waals surface area contributed by atoms with E-state index >= 15 is 4.39 Å². The molecule has 0 unspecified atom stereocenters. The molecule has 6 nitrogen and oxygen atoms in total. The van der Waals surface area contributed by atoms with E-state index in [1.807, 2.05) is 0 Å². The summed E-state index contributed by atoms with van der Waals surface area (Å²) in [7, 11) is 1.46. The van der Waals surface area contributed by atoms with Crippen LogP contribution in [0.3, 0.4) is 0 Å². The van der Waals surface area contributed by atoms with E-state index in [9.17, 15) is 27.9 Å². The Bertz CT molecular complexity index is 1740. The zero-order chi connectivity index (χ0) is 33.7. The quantitative estimate of drug-likeness (QED) is 0.261. The maximum Gasteiger partial charge on any atom is 0.416 e. The standard InChI is InChI=1S/C36H37F4NO5/c1-19-11-23(14-25(12-19)36(38,39)40)32-21(3)41(34(44)46-32)18-24-17-35(4,5)10-9-27(24)29-15-28(30(37)16-31(29)45-6)26-8-7-22(33(42)43)13-20(26)2/h7-8,11-16,21,32H,9-10,17-18H2,1-6H3,(H,42,43)/t21-,32-/m0/s1. The molecule has 2 atom stereocenters. The summed E-state index contributed by atoms with van der Waals surface area (Å²) < 4.78 is 67.6. The van der Waals surface area contributed by atoms with Gasteiger partial charge in [0.05, 0.1) is 24.3 Å². The maximum atomic E-state index is 15.5. The van der Waals surface area contributed by atoms with Crippen LogP contribution >= 0.6 is 0 Å².